The Labute approximate surface area is 148 Å². The van der Waals surface area contributed by atoms with Crippen LogP contribution in [-0.2, 0) is 4.79 Å². The average Bonchev–Trinajstić information content (AvgIpc) is 2.55. The van der Waals surface area contributed by atoms with Crippen molar-refractivity contribution in [2.75, 3.05) is 26.2 Å². The largest absolute Gasteiger partial charge is 0.392 e. The van der Waals surface area contributed by atoms with Gasteiger partial charge in [0.25, 0.3) is 0 Å². The Morgan fingerprint density at radius 3 is 2.17 bits per heavy atom. The van der Waals surface area contributed by atoms with Gasteiger partial charge in [0.2, 0.25) is 5.91 Å². The number of likely N-dealkylation sites (tertiary alicyclic amines) is 1. The van der Waals surface area contributed by atoms with Crippen molar-refractivity contribution in [2.45, 2.75) is 57.5 Å². The highest BCUT2D eigenvalue weighted by atomic mass is 35.5. The van der Waals surface area contributed by atoms with Gasteiger partial charge in [-0.15, -0.1) is 12.4 Å². The second kappa shape index (κ2) is 7.81. The Kier molecular flexibility index (Phi) is 6.46. The maximum atomic E-state index is 13.2. The van der Waals surface area contributed by atoms with Crippen molar-refractivity contribution >= 4 is 18.3 Å². The fourth-order valence-electron chi connectivity index (χ4n) is 4.71. The van der Waals surface area contributed by atoms with Gasteiger partial charge in [0.15, 0.2) is 0 Å². The maximum Gasteiger partial charge on any atom is 0.392 e. The molecule has 1 saturated carbocycles. The van der Waals surface area contributed by atoms with Gasteiger partial charge in [-0.25, -0.2) is 0 Å². The first-order chi connectivity index (χ1) is 10.9. The van der Waals surface area contributed by atoms with E-state index in [-0.39, 0.29) is 24.7 Å². The summed E-state index contributed by atoms with van der Waals surface area (Å²) < 4.78 is 39.7. The minimum atomic E-state index is -4.24. The Hall–Kier alpha value is -0.490. The summed E-state index contributed by atoms with van der Waals surface area (Å²) in [6, 6.07) is 0. The molecule has 0 aromatic heterocycles. The lowest BCUT2D eigenvalue weighted by atomic mass is 9.71. The Balaban J connectivity index is 0.00000208. The normalized spacial score (nSPS) is 30.7. The lowest BCUT2D eigenvalue weighted by Crippen LogP contribution is -2.51. The number of hydrogen-bond acceptors (Lipinski definition) is 2. The van der Waals surface area contributed by atoms with Crippen LogP contribution in [0.5, 0.6) is 0 Å². The number of nitrogens with zero attached hydrogens (tertiary/aromatic N) is 1. The van der Waals surface area contributed by atoms with Crippen LogP contribution < -0.4 is 5.32 Å². The summed E-state index contributed by atoms with van der Waals surface area (Å²) in [5.74, 6) is -2.51. The number of carbonyl (C=O) groups excluding carboxylic acids is 1. The monoisotopic (exact) mass is 368 g/mol. The molecule has 1 spiro atoms. The second-order valence-electron chi connectivity index (χ2n) is 7.61. The number of nitrogens with one attached hydrogen (secondary N) is 1. The van der Waals surface area contributed by atoms with Crippen LogP contribution in [0, 0.1) is 17.3 Å². The van der Waals surface area contributed by atoms with E-state index in [2.05, 4.69) is 5.32 Å². The summed E-state index contributed by atoms with van der Waals surface area (Å²) in [5.41, 5.74) is 0.317. The zero-order valence-electron chi connectivity index (χ0n) is 14.0. The number of rotatable bonds is 1. The molecule has 3 fully saturated rings. The number of amides is 1. The van der Waals surface area contributed by atoms with Crippen molar-refractivity contribution < 1.29 is 18.0 Å². The molecule has 3 rings (SSSR count). The van der Waals surface area contributed by atoms with E-state index in [0.717, 1.165) is 45.2 Å². The lowest BCUT2D eigenvalue weighted by Gasteiger charge is -2.46. The fraction of sp³-hybridized carbons (Fsp3) is 0.941. The molecule has 1 amide bonds. The Morgan fingerprint density at radius 1 is 1.00 bits per heavy atom. The number of halogens is 4. The molecule has 2 saturated heterocycles. The Bertz CT molecular complexity index is 428. The molecule has 0 aromatic rings. The van der Waals surface area contributed by atoms with E-state index in [4.69, 9.17) is 0 Å². The van der Waals surface area contributed by atoms with Gasteiger partial charge in [0, 0.05) is 19.0 Å². The van der Waals surface area contributed by atoms with Gasteiger partial charge in [-0.05, 0) is 57.0 Å². The van der Waals surface area contributed by atoms with Crippen LogP contribution in [0.15, 0.2) is 0 Å². The zero-order chi connectivity index (χ0) is 16.5. The van der Waals surface area contributed by atoms with Crippen molar-refractivity contribution in [1.82, 2.24) is 10.2 Å². The van der Waals surface area contributed by atoms with Gasteiger partial charge in [-0.1, -0.05) is 12.8 Å². The first kappa shape index (κ1) is 19.8. The van der Waals surface area contributed by atoms with E-state index in [1.54, 1.807) is 4.90 Å². The van der Waals surface area contributed by atoms with Gasteiger partial charge in [0.1, 0.15) is 0 Å². The van der Waals surface area contributed by atoms with Crippen molar-refractivity contribution in [3.05, 3.63) is 0 Å². The predicted molar refractivity (Wildman–Crippen MR) is 89.1 cm³/mol. The number of hydrogen-bond donors (Lipinski definition) is 1. The topological polar surface area (TPSA) is 32.3 Å². The molecule has 2 unspecified atom stereocenters. The molecule has 3 nitrogen and oxygen atoms in total. The van der Waals surface area contributed by atoms with Crippen LogP contribution in [0.1, 0.15) is 51.4 Å². The molecule has 0 aromatic carbocycles. The van der Waals surface area contributed by atoms with E-state index in [0.29, 0.717) is 31.3 Å². The van der Waals surface area contributed by atoms with Crippen LogP contribution >= 0.6 is 12.4 Å². The highest BCUT2D eigenvalue weighted by molar-refractivity contribution is 5.85. The molecule has 0 bridgehead atoms. The van der Waals surface area contributed by atoms with Gasteiger partial charge >= 0.3 is 6.18 Å². The van der Waals surface area contributed by atoms with E-state index in [9.17, 15) is 18.0 Å². The SMILES string of the molecule is Cl.O=C(C1CCCCC1C(F)(F)F)N1CCC2(CCNCC2)CC1. The summed E-state index contributed by atoms with van der Waals surface area (Å²) in [7, 11) is 0. The molecule has 2 heterocycles. The van der Waals surface area contributed by atoms with Crippen molar-refractivity contribution in [1.29, 1.82) is 0 Å². The van der Waals surface area contributed by atoms with E-state index in [1.807, 2.05) is 0 Å². The summed E-state index contributed by atoms with van der Waals surface area (Å²) in [4.78, 5) is 14.4. The molecule has 24 heavy (non-hydrogen) atoms. The standard InChI is InChI=1S/C17H27F3N2O.ClH/c18-17(19,20)14-4-2-1-3-13(14)15(23)22-11-7-16(8-12-22)5-9-21-10-6-16;/h13-14,21H,1-12H2;1H. The second-order valence-corrected chi connectivity index (χ2v) is 7.61. The van der Waals surface area contributed by atoms with Crippen molar-refractivity contribution in [2.24, 2.45) is 17.3 Å². The number of alkyl halides is 3. The summed E-state index contributed by atoms with van der Waals surface area (Å²) in [5, 5.41) is 3.36. The van der Waals surface area contributed by atoms with Crippen LogP contribution in [-0.4, -0.2) is 43.2 Å². The third-order valence-electron chi connectivity index (χ3n) is 6.30. The fourth-order valence-corrected chi connectivity index (χ4v) is 4.71. The van der Waals surface area contributed by atoms with Gasteiger partial charge in [-0.3, -0.25) is 4.79 Å². The van der Waals surface area contributed by atoms with Gasteiger partial charge in [0.05, 0.1) is 5.92 Å². The molecule has 140 valence electrons. The number of carbonyl (C=O) groups is 1. The molecular weight excluding hydrogens is 341 g/mol. The summed E-state index contributed by atoms with van der Waals surface area (Å²) in [6.07, 6.45) is 1.75. The smallest absolute Gasteiger partial charge is 0.342 e. The summed E-state index contributed by atoms with van der Waals surface area (Å²) in [6.45, 7) is 3.32. The number of piperidine rings is 2. The predicted octanol–water partition coefficient (Wildman–Crippen LogP) is 3.77. The van der Waals surface area contributed by atoms with Crippen molar-refractivity contribution in [3.8, 4) is 0 Å². The molecular formula is C17H28ClF3N2O. The molecule has 2 atom stereocenters. The third-order valence-corrected chi connectivity index (χ3v) is 6.30. The quantitative estimate of drug-likeness (QED) is 0.764. The highest BCUT2D eigenvalue weighted by Crippen LogP contribution is 2.44. The van der Waals surface area contributed by atoms with E-state index < -0.39 is 18.0 Å². The summed E-state index contributed by atoms with van der Waals surface area (Å²) >= 11 is 0. The first-order valence-electron chi connectivity index (χ1n) is 8.98. The lowest BCUT2D eigenvalue weighted by molar-refractivity contribution is -0.201. The molecule has 2 aliphatic heterocycles. The van der Waals surface area contributed by atoms with Crippen LogP contribution in [0.25, 0.3) is 0 Å². The molecule has 3 aliphatic rings. The molecule has 1 aliphatic carbocycles. The molecule has 7 heteroatoms. The molecule has 0 radical (unpaired) electrons. The van der Waals surface area contributed by atoms with E-state index >= 15 is 0 Å². The van der Waals surface area contributed by atoms with Gasteiger partial charge in [-0.2, -0.15) is 13.2 Å². The first-order valence-corrected chi connectivity index (χ1v) is 8.98. The van der Waals surface area contributed by atoms with Crippen LogP contribution in [0.2, 0.25) is 0 Å². The Morgan fingerprint density at radius 2 is 1.58 bits per heavy atom. The minimum Gasteiger partial charge on any atom is -0.342 e. The van der Waals surface area contributed by atoms with E-state index in [1.165, 1.54) is 0 Å². The van der Waals surface area contributed by atoms with Crippen LogP contribution in [0.4, 0.5) is 13.2 Å². The minimum absolute atomic E-state index is 0. The van der Waals surface area contributed by atoms with Crippen molar-refractivity contribution in [3.63, 3.8) is 0 Å². The van der Waals surface area contributed by atoms with Crippen LogP contribution in [0.3, 0.4) is 0 Å². The zero-order valence-corrected chi connectivity index (χ0v) is 14.9. The maximum absolute atomic E-state index is 13.2. The third kappa shape index (κ3) is 4.18. The molecule has 1 N–H and O–H groups in total. The average molecular weight is 369 g/mol. The van der Waals surface area contributed by atoms with Gasteiger partial charge < -0.3 is 10.2 Å². The highest BCUT2D eigenvalue weighted by Gasteiger charge is 2.49.